The number of rotatable bonds is 4. The Balaban J connectivity index is 0.00000423. The van der Waals surface area contributed by atoms with Crippen LogP contribution >= 0.6 is 12.4 Å². The number of nitrogens with zero attached hydrogens (tertiary/aromatic N) is 4. The van der Waals surface area contributed by atoms with Crippen molar-refractivity contribution in [3.63, 3.8) is 0 Å². The summed E-state index contributed by atoms with van der Waals surface area (Å²) in [4.78, 5) is 29.3. The minimum atomic E-state index is -4.13. The molecule has 0 saturated carbocycles. The van der Waals surface area contributed by atoms with Crippen LogP contribution in [0.3, 0.4) is 0 Å². The third kappa shape index (κ3) is 7.50. The van der Waals surface area contributed by atoms with Crippen LogP contribution in [0.5, 0.6) is 5.88 Å². The Labute approximate surface area is 259 Å². The largest absolute Gasteiger partial charge is 0.475 e. The average molecular weight is 622 g/mol. The molecule has 0 saturated heterocycles. The van der Waals surface area contributed by atoms with E-state index in [0.717, 1.165) is 16.7 Å². The van der Waals surface area contributed by atoms with Gasteiger partial charge in [0.15, 0.2) is 0 Å². The Morgan fingerprint density at radius 2 is 1.70 bits per heavy atom. The van der Waals surface area contributed by atoms with Gasteiger partial charge in [0.05, 0.1) is 28.9 Å². The van der Waals surface area contributed by atoms with E-state index < -0.39 is 10.0 Å². The van der Waals surface area contributed by atoms with Crippen molar-refractivity contribution in [1.82, 2.24) is 19.9 Å². The van der Waals surface area contributed by atoms with E-state index in [1.807, 2.05) is 50.2 Å². The third-order valence-electron chi connectivity index (χ3n) is 7.09. The van der Waals surface area contributed by atoms with Crippen LogP contribution < -0.4 is 9.46 Å². The first-order valence-electron chi connectivity index (χ1n) is 13.8. The first-order valence-corrected chi connectivity index (χ1v) is 15.3. The van der Waals surface area contributed by atoms with Crippen molar-refractivity contribution in [3.8, 4) is 17.1 Å². The van der Waals surface area contributed by atoms with E-state index in [2.05, 4.69) is 40.4 Å². The molecule has 4 bridgehead atoms. The fraction of sp³-hybridized carbons (Fsp3) is 0.312. The molecule has 5 rings (SSSR count). The Kier molecular flexibility index (Phi) is 9.41. The maximum atomic E-state index is 14.1. The molecule has 0 spiro atoms. The number of amides is 1. The number of carbonyl (C=O) groups excluding carboxylic acids is 1. The molecule has 1 amide bonds. The molecule has 0 fully saturated rings. The SMILES string of the molecule is Cc1cccc(C)c1-c1cc2nc(n1)NS(=O)(=O)c1cccc(c1)C(=O)N(Cc1ccccn1)[C@H](CC(C)(C)C)CO2.Cl. The molecule has 1 N–H and O–H groups in total. The van der Waals surface area contributed by atoms with Crippen molar-refractivity contribution < 1.29 is 17.9 Å². The van der Waals surface area contributed by atoms with Crippen LogP contribution in [0.1, 0.15) is 54.4 Å². The lowest BCUT2D eigenvalue weighted by atomic mass is 9.87. The smallest absolute Gasteiger partial charge is 0.264 e. The van der Waals surface area contributed by atoms with Crippen molar-refractivity contribution in [2.45, 2.75) is 58.5 Å². The first-order chi connectivity index (χ1) is 19.9. The number of ether oxygens (including phenoxy) is 1. The molecule has 9 nitrogen and oxygen atoms in total. The number of nitrogens with one attached hydrogen (secondary N) is 1. The van der Waals surface area contributed by atoms with E-state index in [-0.39, 0.29) is 65.2 Å². The van der Waals surface area contributed by atoms with Gasteiger partial charge >= 0.3 is 0 Å². The molecule has 11 heteroatoms. The van der Waals surface area contributed by atoms with E-state index in [1.54, 1.807) is 29.3 Å². The van der Waals surface area contributed by atoms with Crippen molar-refractivity contribution >= 4 is 34.3 Å². The molecule has 0 radical (unpaired) electrons. The molecule has 2 aromatic heterocycles. The molecule has 1 aliphatic heterocycles. The van der Waals surface area contributed by atoms with Crippen molar-refractivity contribution in [2.24, 2.45) is 5.41 Å². The van der Waals surface area contributed by atoms with Gasteiger partial charge in [0.2, 0.25) is 11.8 Å². The number of anilines is 1. The molecule has 1 aliphatic rings. The average Bonchev–Trinajstić information content (AvgIpc) is 2.93. The normalized spacial score (nSPS) is 16.4. The Morgan fingerprint density at radius 1 is 0.977 bits per heavy atom. The summed E-state index contributed by atoms with van der Waals surface area (Å²) in [6.45, 7) is 10.6. The zero-order chi connectivity index (χ0) is 30.1. The fourth-order valence-electron chi connectivity index (χ4n) is 5.21. The Morgan fingerprint density at radius 3 is 2.37 bits per heavy atom. The minimum absolute atomic E-state index is 0. The van der Waals surface area contributed by atoms with E-state index in [0.29, 0.717) is 17.8 Å². The summed E-state index contributed by atoms with van der Waals surface area (Å²) in [6.07, 6.45) is 2.30. The molecule has 0 unspecified atom stereocenters. The number of hydrogen-bond acceptors (Lipinski definition) is 7. The topological polar surface area (TPSA) is 114 Å². The Hall–Kier alpha value is -4.02. The molecular formula is C32H36ClN5O4S. The van der Waals surface area contributed by atoms with Crippen molar-refractivity contribution in [3.05, 3.63) is 95.3 Å². The second-order valence-electron chi connectivity index (χ2n) is 11.8. The number of aryl methyl sites for hydroxylation is 2. The summed E-state index contributed by atoms with van der Waals surface area (Å²) in [6, 6.07) is 18.8. The van der Waals surface area contributed by atoms with Crippen LogP contribution in [0, 0.1) is 19.3 Å². The number of carbonyl (C=O) groups is 1. The van der Waals surface area contributed by atoms with Crippen molar-refractivity contribution in [2.75, 3.05) is 11.3 Å². The lowest BCUT2D eigenvalue weighted by Crippen LogP contribution is -2.45. The summed E-state index contributed by atoms with van der Waals surface area (Å²) in [7, 11) is -4.13. The number of halogens is 1. The highest BCUT2D eigenvalue weighted by atomic mass is 35.5. The highest BCUT2D eigenvalue weighted by Crippen LogP contribution is 2.31. The quantitative estimate of drug-likeness (QED) is 0.288. The van der Waals surface area contributed by atoms with Gasteiger partial charge in [-0.25, -0.2) is 18.1 Å². The van der Waals surface area contributed by atoms with E-state index >= 15 is 0 Å². The fourth-order valence-corrected chi connectivity index (χ4v) is 6.20. The number of hydrogen-bond donors (Lipinski definition) is 1. The lowest BCUT2D eigenvalue weighted by molar-refractivity contribution is 0.0509. The van der Waals surface area contributed by atoms with Crippen LogP contribution in [0.4, 0.5) is 5.95 Å². The highest BCUT2D eigenvalue weighted by Gasteiger charge is 2.31. The van der Waals surface area contributed by atoms with Gasteiger partial charge in [-0.05, 0) is 67.1 Å². The third-order valence-corrected chi connectivity index (χ3v) is 8.41. The monoisotopic (exact) mass is 621 g/mol. The van der Waals surface area contributed by atoms with Crippen LogP contribution in [0.15, 0.2) is 77.8 Å². The van der Waals surface area contributed by atoms with Gasteiger partial charge in [0.1, 0.15) is 6.61 Å². The van der Waals surface area contributed by atoms with Crippen LogP contribution in [0.25, 0.3) is 11.3 Å². The summed E-state index contributed by atoms with van der Waals surface area (Å²) in [5.74, 6) is -0.224. The van der Waals surface area contributed by atoms with Crippen molar-refractivity contribution in [1.29, 1.82) is 0 Å². The molecule has 0 aliphatic carbocycles. The van der Waals surface area contributed by atoms with Crippen LogP contribution in [0.2, 0.25) is 0 Å². The summed E-state index contributed by atoms with van der Waals surface area (Å²) in [5, 5.41) is 0. The standard InChI is InChI=1S/C32H35N5O4S.ClH/c1-21-10-8-11-22(2)29(21)27-17-28-35-31(34-27)36-42(39,40)26-14-9-12-23(16-26)30(38)37(19-24-13-6-7-15-33-24)25(20-41-28)18-32(3,4)5;/h6-17,25H,18-20H2,1-5H3,(H,34,35,36);1H/t25-;/m1./s1. The van der Waals surface area contributed by atoms with Gasteiger partial charge < -0.3 is 9.64 Å². The van der Waals surface area contributed by atoms with Gasteiger partial charge in [-0.3, -0.25) is 9.78 Å². The number of sulfonamides is 1. The van der Waals surface area contributed by atoms with Gasteiger partial charge in [-0.15, -0.1) is 12.4 Å². The molecule has 43 heavy (non-hydrogen) atoms. The lowest BCUT2D eigenvalue weighted by Gasteiger charge is -2.35. The number of pyridine rings is 1. The molecule has 3 heterocycles. The highest BCUT2D eigenvalue weighted by molar-refractivity contribution is 7.92. The molecule has 226 valence electrons. The summed E-state index contributed by atoms with van der Waals surface area (Å²) in [5.41, 5.74) is 4.17. The summed E-state index contributed by atoms with van der Waals surface area (Å²) < 4.78 is 35.8. The number of aromatic nitrogens is 3. The zero-order valence-electron chi connectivity index (χ0n) is 24.9. The minimum Gasteiger partial charge on any atom is -0.475 e. The van der Waals surface area contributed by atoms with Gasteiger partial charge in [-0.2, -0.15) is 4.98 Å². The van der Waals surface area contributed by atoms with Gasteiger partial charge in [0, 0.05) is 23.4 Å². The van der Waals surface area contributed by atoms with E-state index in [4.69, 9.17) is 4.74 Å². The number of benzene rings is 2. The maximum absolute atomic E-state index is 14.1. The second kappa shape index (κ2) is 12.7. The van der Waals surface area contributed by atoms with Crippen LogP contribution in [-0.4, -0.2) is 46.8 Å². The van der Waals surface area contributed by atoms with E-state index in [9.17, 15) is 13.2 Å². The Bertz CT molecular complexity index is 1710. The second-order valence-corrected chi connectivity index (χ2v) is 13.5. The first kappa shape index (κ1) is 31.9. The number of fused-ring (bicyclic) bond motifs is 4. The van der Waals surface area contributed by atoms with Crippen LogP contribution in [-0.2, 0) is 16.6 Å². The summed E-state index contributed by atoms with van der Waals surface area (Å²) >= 11 is 0. The molecular weight excluding hydrogens is 586 g/mol. The van der Waals surface area contributed by atoms with Gasteiger partial charge in [-0.1, -0.05) is 51.1 Å². The molecule has 2 aromatic carbocycles. The predicted molar refractivity (Wildman–Crippen MR) is 169 cm³/mol. The molecule has 4 aromatic rings. The van der Waals surface area contributed by atoms with Gasteiger partial charge in [0.25, 0.3) is 15.9 Å². The van der Waals surface area contributed by atoms with E-state index in [1.165, 1.54) is 12.1 Å². The maximum Gasteiger partial charge on any atom is 0.264 e. The zero-order valence-corrected chi connectivity index (χ0v) is 26.5. The predicted octanol–water partition coefficient (Wildman–Crippen LogP) is 6.22. The molecule has 1 atom stereocenters.